The van der Waals surface area contributed by atoms with Crippen LogP contribution in [0.1, 0.15) is 52.4 Å². The minimum absolute atomic E-state index is 0. The van der Waals surface area contributed by atoms with Crippen LogP contribution in [-0.4, -0.2) is 5.11 Å². The Morgan fingerprint density at radius 3 is 2.31 bits per heavy atom. The third-order valence-corrected chi connectivity index (χ3v) is 2.79. The van der Waals surface area contributed by atoms with E-state index in [-0.39, 0.29) is 31.0 Å². The Morgan fingerprint density at radius 1 is 1.00 bits per heavy atom. The summed E-state index contributed by atoms with van der Waals surface area (Å²) in [6.45, 7) is 2.24. The van der Waals surface area contributed by atoms with Gasteiger partial charge < -0.3 is 6.53 Å². The first kappa shape index (κ1) is 16.0. The van der Waals surface area contributed by atoms with Crippen LogP contribution < -0.4 is 29.6 Å². The smallest absolute Gasteiger partial charge is 1.00 e. The van der Waals surface area contributed by atoms with E-state index in [0.717, 1.165) is 12.0 Å². The second-order valence-electron chi connectivity index (χ2n) is 4.15. The molecule has 0 bridgehead atoms. The molecule has 0 aliphatic heterocycles. The Hall–Kier alpha value is 0.0200. The van der Waals surface area contributed by atoms with Crippen molar-refractivity contribution < 1.29 is 36.1 Å². The number of phenols is 1. The fraction of sp³-hybridized carbons (Fsp3) is 0.571. The minimum Gasteiger partial charge on any atom is -1.00 e. The van der Waals surface area contributed by atoms with Crippen LogP contribution in [0.4, 0.5) is 0 Å². The molecule has 2 heteroatoms. The molecule has 0 aliphatic carbocycles. The van der Waals surface area contributed by atoms with Crippen molar-refractivity contribution in [2.45, 2.75) is 51.9 Å². The molecule has 86 valence electrons. The monoisotopic (exact) mass is 230 g/mol. The molecule has 0 aliphatic rings. The van der Waals surface area contributed by atoms with Crippen LogP contribution in [0.15, 0.2) is 24.3 Å². The van der Waals surface area contributed by atoms with Crippen LogP contribution in [0.2, 0.25) is 0 Å². The van der Waals surface area contributed by atoms with Crippen molar-refractivity contribution in [2.24, 2.45) is 0 Å². The Kier molecular flexibility index (Phi) is 10.2. The van der Waals surface area contributed by atoms with Crippen LogP contribution in [0.25, 0.3) is 0 Å². The number of aryl methyl sites for hydroxylation is 1. The summed E-state index contributed by atoms with van der Waals surface area (Å²) in [6.07, 6.45) is 8.85. The van der Waals surface area contributed by atoms with E-state index in [0.29, 0.717) is 5.75 Å². The molecule has 1 aromatic rings. The number of hydrogen-bond acceptors (Lipinski definition) is 1. The van der Waals surface area contributed by atoms with Gasteiger partial charge in [0, 0.05) is 0 Å². The van der Waals surface area contributed by atoms with Gasteiger partial charge in [-0.3, -0.25) is 0 Å². The molecule has 0 saturated heterocycles. The molecule has 0 unspecified atom stereocenters. The van der Waals surface area contributed by atoms with Crippen molar-refractivity contribution in [3.05, 3.63) is 29.8 Å². The maximum absolute atomic E-state index is 9.55. The average molecular weight is 230 g/mol. The molecule has 0 radical (unpaired) electrons. The van der Waals surface area contributed by atoms with Gasteiger partial charge in [-0.15, -0.1) is 0 Å². The predicted molar refractivity (Wildman–Crippen MR) is 66.3 cm³/mol. The summed E-state index contributed by atoms with van der Waals surface area (Å²) < 4.78 is 0. The molecule has 16 heavy (non-hydrogen) atoms. The number of unbranched alkanes of at least 4 members (excludes halogenated alkanes) is 5. The van der Waals surface area contributed by atoms with Gasteiger partial charge in [0.1, 0.15) is 5.75 Å². The van der Waals surface area contributed by atoms with E-state index in [4.69, 9.17) is 0 Å². The van der Waals surface area contributed by atoms with E-state index in [9.17, 15) is 5.11 Å². The number of hydrogen-bond donors (Lipinski definition) is 1. The van der Waals surface area contributed by atoms with Gasteiger partial charge in [0.2, 0.25) is 0 Å². The summed E-state index contributed by atoms with van der Waals surface area (Å²) in [5.74, 6) is 0.450. The molecule has 0 amide bonds. The quantitative estimate of drug-likeness (QED) is 0.555. The van der Waals surface area contributed by atoms with E-state index in [1.165, 1.54) is 38.5 Å². The molecule has 0 saturated carbocycles. The van der Waals surface area contributed by atoms with Crippen molar-refractivity contribution in [1.82, 2.24) is 0 Å². The van der Waals surface area contributed by atoms with Gasteiger partial charge in [0.15, 0.2) is 0 Å². The zero-order chi connectivity index (χ0) is 10.9. The largest absolute Gasteiger partial charge is 1.00 e. The number of benzene rings is 1. The van der Waals surface area contributed by atoms with E-state index < -0.39 is 0 Å². The SMILES string of the molecule is CCCCCCCCc1ccccc1O.[H-].[Na+]. The van der Waals surface area contributed by atoms with Crippen LogP contribution in [0.3, 0.4) is 0 Å². The molecule has 0 spiro atoms. The summed E-state index contributed by atoms with van der Waals surface area (Å²) in [4.78, 5) is 0. The Bertz CT molecular complexity index is 279. The van der Waals surface area contributed by atoms with Crippen molar-refractivity contribution in [3.63, 3.8) is 0 Å². The van der Waals surface area contributed by atoms with Crippen molar-refractivity contribution in [2.75, 3.05) is 0 Å². The Balaban J connectivity index is 0. The zero-order valence-corrected chi connectivity index (χ0v) is 12.7. The first-order valence-corrected chi connectivity index (χ1v) is 6.11. The number of rotatable bonds is 7. The van der Waals surface area contributed by atoms with E-state index >= 15 is 0 Å². The zero-order valence-electron chi connectivity index (χ0n) is 11.7. The molecule has 0 heterocycles. The molecule has 1 aromatic carbocycles. The summed E-state index contributed by atoms with van der Waals surface area (Å²) in [5, 5.41) is 9.55. The molecule has 0 aromatic heterocycles. The molecule has 1 rings (SSSR count). The third-order valence-electron chi connectivity index (χ3n) is 2.79. The van der Waals surface area contributed by atoms with Gasteiger partial charge in [0.25, 0.3) is 0 Å². The van der Waals surface area contributed by atoms with E-state index in [1.54, 1.807) is 6.07 Å². The number of para-hydroxylation sites is 1. The molecular formula is C14H23NaO. The normalized spacial score (nSPS) is 9.81. The van der Waals surface area contributed by atoms with Crippen LogP contribution >= 0.6 is 0 Å². The van der Waals surface area contributed by atoms with Gasteiger partial charge in [-0.05, 0) is 24.5 Å². The van der Waals surface area contributed by atoms with Crippen LogP contribution in [-0.2, 0) is 6.42 Å². The van der Waals surface area contributed by atoms with Gasteiger partial charge in [-0.2, -0.15) is 0 Å². The average Bonchev–Trinajstić information content (AvgIpc) is 2.25. The van der Waals surface area contributed by atoms with Gasteiger partial charge in [-0.1, -0.05) is 57.2 Å². The van der Waals surface area contributed by atoms with Crippen molar-refractivity contribution in [1.29, 1.82) is 0 Å². The maximum atomic E-state index is 9.55. The first-order valence-electron chi connectivity index (χ1n) is 6.11. The summed E-state index contributed by atoms with van der Waals surface area (Å²) in [7, 11) is 0. The molecule has 1 nitrogen and oxygen atoms in total. The van der Waals surface area contributed by atoms with Gasteiger partial charge >= 0.3 is 29.6 Å². The fourth-order valence-electron chi connectivity index (χ4n) is 1.82. The summed E-state index contributed by atoms with van der Waals surface area (Å²) in [5.41, 5.74) is 1.09. The topological polar surface area (TPSA) is 20.2 Å². The second kappa shape index (κ2) is 10.2. The summed E-state index contributed by atoms with van der Waals surface area (Å²) >= 11 is 0. The molecule has 0 fully saturated rings. The standard InChI is InChI=1S/C14H22O.Na.H/c1-2-3-4-5-6-7-10-13-11-8-9-12-14(13)15;;/h8-9,11-12,15H,2-7,10H2,1H3;;/q;+1;-1. The van der Waals surface area contributed by atoms with E-state index in [1.807, 2.05) is 18.2 Å². The van der Waals surface area contributed by atoms with Crippen molar-refractivity contribution >= 4 is 0 Å². The van der Waals surface area contributed by atoms with Crippen molar-refractivity contribution in [3.8, 4) is 5.75 Å². The molecule has 0 atom stereocenters. The number of phenolic OH excluding ortho intramolecular Hbond substituents is 1. The van der Waals surface area contributed by atoms with Gasteiger partial charge in [-0.25, -0.2) is 0 Å². The Labute approximate surface area is 123 Å². The van der Waals surface area contributed by atoms with Gasteiger partial charge in [0.05, 0.1) is 0 Å². The maximum Gasteiger partial charge on any atom is 1.00 e. The van der Waals surface area contributed by atoms with Crippen LogP contribution in [0.5, 0.6) is 5.75 Å². The minimum atomic E-state index is 0. The fourth-order valence-corrected chi connectivity index (χ4v) is 1.82. The second-order valence-corrected chi connectivity index (χ2v) is 4.15. The summed E-state index contributed by atoms with van der Waals surface area (Å²) in [6, 6.07) is 7.65. The van der Waals surface area contributed by atoms with E-state index in [2.05, 4.69) is 6.92 Å². The van der Waals surface area contributed by atoms with Crippen LogP contribution in [0, 0.1) is 0 Å². The molecule has 1 N–H and O–H groups in total. The Morgan fingerprint density at radius 2 is 1.62 bits per heavy atom. The molecular weight excluding hydrogens is 207 g/mol. The number of aromatic hydroxyl groups is 1. The third kappa shape index (κ3) is 6.57. The predicted octanol–water partition coefficient (Wildman–Crippen LogP) is 1.41. The first-order chi connectivity index (χ1) is 7.34.